The first kappa shape index (κ1) is 12.7. The zero-order chi connectivity index (χ0) is 12.3. The van der Waals surface area contributed by atoms with Gasteiger partial charge in [-0.05, 0) is 13.3 Å². The Balaban J connectivity index is 1.79. The zero-order valence-corrected chi connectivity index (χ0v) is 11.4. The van der Waals surface area contributed by atoms with E-state index in [9.17, 15) is 0 Å². The molecule has 17 heavy (non-hydrogen) atoms. The van der Waals surface area contributed by atoms with E-state index in [2.05, 4.69) is 33.8 Å². The van der Waals surface area contributed by atoms with Crippen LogP contribution in [0.4, 0.5) is 5.13 Å². The van der Waals surface area contributed by atoms with Gasteiger partial charge < -0.3 is 5.73 Å². The molecule has 1 unspecified atom stereocenters. The Morgan fingerprint density at radius 3 is 2.53 bits per heavy atom. The molecule has 0 aromatic carbocycles. The molecule has 1 aromatic rings. The molecule has 1 fully saturated rings. The lowest BCUT2D eigenvalue weighted by atomic mass is 10.2. The third-order valence-electron chi connectivity index (χ3n) is 3.46. The highest BCUT2D eigenvalue weighted by atomic mass is 32.1. The van der Waals surface area contributed by atoms with Gasteiger partial charge in [0.25, 0.3) is 0 Å². The number of nitrogens with two attached hydrogens (primary N) is 1. The first-order valence-electron chi connectivity index (χ1n) is 6.23. The van der Waals surface area contributed by atoms with E-state index >= 15 is 0 Å². The summed E-state index contributed by atoms with van der Waals surface area (Å²) in [5, 5.41) is 9.51. The standard InChI is InChI=1S/C11H21N5S/c1-3-9(2)16-6-4-15(5-7-16)8-10-13-14-11(12)17-10/h9H,3-8H2,1-2H3,(H2,12,14). The lowest BCUT2D eigenvalue weighted by Gasteiger charge is -2.37. The van der Waals surface area contributed by atoms with Gasteiger partial charge in [-0.2, -0.15) is 0 Å². The van der Waals surface area contributed by atoms with Crippen molar-refractivity contribution in [2.45, 2.75) is 32.9 Å². The molecule has 0 amide bonds. The number of rotatable bonds is 4. The maximum absolute atomic E-state index is 5.58. The molecule has 5 nitrogen and oxygen atoms in total. The van der Waals surface area contributed by atoms with Crippen molar-refractivity contribution in [2.75, 3.05) is 31.9 Å². The van der Waals surface area contributed by atoms with E-state index in [4.69, 9.17) is 5.73 Å². The fourth-order valence-corrected chi connectivity index (χ4v) is 2.79. The van der Waals surface area contributed by atoms with E-state index in [1.54, 1.807) is 0 Å². The average Bonchev–Trinajstić information content (AvgIpc) is 2.75. The van der Waals surface area contributed by atoms with Gasteiger partial charge in [-0.3, -0.25) is 9.80 Å². The Kier molecular flexibility index (Phi) is 4.31. The minimum absolute atomic E-state index is 0.568. The summed E-state index contributed by atoms with van der Waals surface area (Å²) in [7, 11) is 0. The van der Waals surface area contributed by atoms with Crippen LogP contribution in [0.25, 0.3) is 0 Å². The summed E-state index contributed by atoms with van der Waals surface area (Å²) in [6, 6.07) is 0.703. The molecule has 1 aliphatic heterocycles. The second-order valence-electron chi connectivity index (χ2n) is 4.60. The average molecular weight is 255 g/mol. The number of piperazine rings is 1. The molecule has 1 saturated heterocycles. The van der Waals surface area contributed by atoms with Crippen molar-refractivity contribution in [3.05, 3.63) is 5.01 Å². The summed E-state index contributed by atoms with van der Waals surface area (Å²) in [6.45, 7) is 9.99. The molecule has 96 valence electrons. The molecule has 0 spiro atoms. The topological polar surface area (TPSA) is 58.3 Å². The Bertz CT molecular complexity index is 345. The predicted molar refractivity (Wildman–Crippen MR) is 70.9 cm³/mol. The van der Waals surface area contributed by atoms with E-state index in [0.29, 0.717) is 11.2 Å². The normalized spacial score (nSPS) is 20.6. The van der Waals surface area contributed by atoms with E-state index in [-0.39, 0.29) is 0 Å². The van der Waals surface area contributed by atoms with Crippen LogP contribution in [0.15, 0.2) is 0 Å². The van der Waals surface area contributed by atoms with Crippen LogP contribution < -0.4 is 5.73 Å². The number of aromatic nitrogens is 2. The summed E-state index contributed by atoms with van der Waals surface area (Å²) in [4.78, 5) is 4.99. The highest BCUT2D eigenvalue weighted by molar-refractivity contribution is 7.15. The van der Waals surface area contributed by atoms with Crippen LogP contribution in [0.3, 0.4) is 0 Å². The highest BCUT2D eigenvalue weighted by Crippen LogP contribution is 2.15. The molecule has 0 aliphatic carbocycles. The van der Waals surface area contributed by atoms with Crippen molar-refractivity contribution in [2.24, 2.45) is 0 Å². The highest BCUT2D eigenvalue weighted by Gasteiger charge is 2.20. The molecule has 2 heterocycles. The fourth-order valence-electron chi connectivity index (χ4n) is 2.14. The van der Waals surface area contributed by atoms with E-state index in [1.807, 2.05) is 0 Å². The number of nitrogen functional groups attached to an aromatic ring is 1. The summed E-state index contributed by atoms with van der Waals surface area (Å²) < 4.78 is 0. The lowest BCUT2D eigenvalue weighted by molar-refractivity contribution is 0.0962. The maximum atomic E-state index is 5.58. The first-order chi connectivity index (χ1) is 8.19. The summed E-state index contributed by atoms with van der Waals surface area (Å²) >= 11 is 1.49. The Hall–Kier alpha value is -0.720. The Morgan fingerprint density at radius 1 is 1.29 bits per heavy atom. The molecule has 1 aliphatic rings. The molecule has 1 aromatic heterocycles. The number of hydrogen-bond donors (Lipinski definition) is 1. The number of hydrogen-bond acceptors (Lipinski definition) is 6. The largest absolute Gasteiger partial charge is 0.374 e. The zero-order valence-electron chi connectivity index (χ0n) is 10.6. The molecule has 0 saturated carbocycles. The van der Waals surface area contributed by atoms with Gasteiger partial charge in [-0.15, -0.1) is 10.2 Å². The van der Waals surface area contributed by atoms with Gasteiger partial charge in [0.1, 0.15) is 5.01 Å². The molecule has 0 radical (unpaired) electrons. The summed E-state index contributed by atoms with van der Waals surface area (Å²) in [5.41, 5.74) is 5.58. The number of anilines is 1. The van der Waals surface area contributed by atoms with Gasteiger partial charge in [0.05, 0.1) is 6.54 Å². The minimum atomic E-state index is 0.568. The first-order valence-corrected chi connectivity index (χ1v) is 7.05. The lowest BCUT2D eigenvalue weighted by Crippen LogP contribution is -2.48. The van der Waals surface area contributed by atoms with Crippen molar-refractivity contribution >= 4 is 16.5 Å². The van der Waals surface area contributed by atoms with Crippen LogP contribution >= 0.6 is 11.3 Å². The quantitative estimate of drug-likeness (QED) is 0.871. The van der Waals surface area contributed by atoms with Crippen molar-refractivity contribution < 1.29 is 0 Å². The summed E-state index contributed by atoms with van der Waals surface area (Å²) in [6.07, 6.45) is 1.23. The van der Waals surface area contributed by atoms with Crippen LogP contribution in [0.1, 0.15) is 25.3 Å². The molecular weight excluding hydrogens is 234 g/mol. The van der Waals surface area contributed by atoms with E-state index in [1.165, 1.54) is 17.8 Å². The number of nitrogens with zero attached hydrogens (tertiary/aromatic N) is 4. The van der Waals surface area contributed by atoms with Gasteiger partial charge >= 0.3 is 0 Å². The third-order valence-corrected chi connectivity index (χ3v) is 4.20. The molecule has 2 N–H and O–H groups in total. The van der Waals surface area contributed by atoms with Gasteiger partial charge in [-0.25, -0.2) is 0 Å². The molecule has 0 bridgehead atoms. The Labute approximate surface area is 107 Å². The van der Waals surface area contributed by atoms with Crippen LogP contribution in [0.2, 0.25) is 0 Å². The fraction of sp³-hybridized carbons (Fsp3) is 0.818. The molecule has 6 heteroatoms. The van der Waals surface area contributed by atoms with Crippen LogP contribution in [-0.2, 0) is 6.54 Å². The van der Waals surface area contributed by atoms with Gasteiger partial charge in [0.2, 0.25) is 5.13 Å². The summed E-state index contributed by atoms with van der Waals surface area (Å²) in [5.74, 6) is 0. The molecular formula is C11H21N5S. The van der Waals surface area contributed by atoms with E-state index < -0.39 is 0 Å². The second kappa shape index (κ2) is 5.75. The van der Waals surface area contributed by atoms with Crippen LogP contribution in [0, 0.1) is 0 Å². The monoisotopic (exact) mass is 255 g/mol. The van der Waals surface area contributed by atoms with E-state index in [0.717, 1.165) is 37.7 Å². The molecule has 2 rings (SSSR count). The SMILES string of the molecule is CCC(C)N1CCN(Cc2nnc(N)s2)CC1. The van der Waals surface area contributed by atoms with Gasteiger partial charge in [-0.1, -0.05) is 18.3 Å². The third kappa shape index (κ3) is 3.37. The Morgan fingerprint density at radius 2 is 2.00 bits per heavy atom. The second-order valence-corrected chi connectivity index (χ2v) is 5.70. The van der Waals surface area contributed by atoms with Gasteiger partial charge in [0.15, 0.2) is 0 Å². The molecule has 1 atom stereocenters. The van der Waals surface area contributed by atoms with Crippen molar-refractivity contribution in [3.8, 4) is 0 Å². The van der Waals surface area contributed by atoms with Crippen LogP contribution in [-0.4, -0.2) is 52.2 Å². The van der Waals surface area contributed by atoms with Gasteiger partial charge in [0, 0.05) is 32.2 Å². The minimum Gasteiger partial charge on any atom is -0.374 e. The smallest absolute Gasteiger partial charge is 0.203 e. The van der Waals surface area contributed by atoms with Crippen molar-refractivity contribution in [1.29, 1.82) is 0 Å². The van der Waals surface area contributed by atoms with Crippen molar-refractivity contribution in [1.82, 2.24) is 20.0 Å². The predicted octanol–water partition coefficient (Wildman–Crippen LogP) is 1.04. The van der Waals surface area contributed by atoms with Crippen molar-refractivity contribution in [3.63, 3.8) is 0 Å². The maximum Gasteiger partial charge on any atom is 0.203 e. The van der Waals surface area contributed by atoms with Crippen LogP contribution in [0.5, 0.6) is 0 Å².